The first-order valence-corrected chi connectivity index (χ1v) is 13.7. The molecule has 0 aliphatic carbocycles. The van der Waals surface area contributed by atoms with Crippen molar-refractivity contribution in [3.05, 3.63) is 75.6 Å². The number of nitrogens with zero attached hydrogens (tertiary/aromatic N) is 3. The summed E-state index contributed by atoms with van der Waals surface area (Å²) >= 11 is 8.49. The number of aryl methyl sites for hydroxylation is 1. The van der Waals surface area contributed by atoms with Crippen molar-refractivity contribution in [1.82, 2.24) is 14.8 Å². The highest BCUT2D eigenvalue weighted by atomic mass is 35.5. The van der Waals surface area contributed by atoms with Gasteiger partial charge < -0.3 is 19.4 Å². The normalized spacial score (nSPS) is 10.9. The zero-order chi connectivity index (χ0) is 27.2. The minimum absolute atomic E-state index is 0.0428. The fraction of sp³-hybridized carbons (Fsp3) is 0.231. The first-order chi connectivity index (χ1) is 18.3. The number of carbonyl (C=O) groups is 2. The Balaban J connectivity index is 1.43. The average molecular weight is 575 g/mol. The van der Waals surface area contributed by atoms with Gasteiger partial charge in [-0.25, -0.2) is 9.18 Å². The van der Waals surface area contributed by atoms with Crippen LogP contribution in [-0.2, 0) is 22.7 Å². The molecule has 4 aromatic rings. The first-order valence-electron chi connectivity index (χ1n) is 11.5. The SMILES string of the molecule is CCn1c(COc2ccc(F)cc2Cl)nnc1SCC(=O)Nc1scc(-c2ccc(C)cc2)c1C(=O)OC. The summed E-state index contributed by atoms with van der Waals surface area (Å²) in [7, 11) is 1.31. The van der Waals surface area contributed by atoms with Crippen molar-refractivity contribution in [3.63, 3.8) is 0 Å². The summed E-state index contributed by atoms with van der Waals surface area (Å²) in [4.78, 5) is 25.4. The van der Waals surface area contributed by atoms with Gasteiger partial charge in [0.25, 0.3) is 0 Å². The van der Waals surface area contributed by atoms with E-state index in [2.05, 4.69) is 15.5 Å². The highest BCUT2D eigenvalue weighted by Gasteiger charge is 2.23. The summed E-state index contributed by atoms with van der Waals surface area (Å²) in [5.74, 6) is -0.384. The summed E-state index contributed by atoms with van der Waals surface area (Å²) in [5.41, 5.74) is 2.97. The standard InChI is InChI=1S/C26H24ClFN4O4S2/c1-4-32-21(12-36-20-10-9-17(28)11-19(20)27)30-31-26(32)38-14-22(33)29-24-23(25(34)35-3)18(13-37-24)16-7-5-15(2)6-8-16/h5-11,13H,4,12,14H2,1-3H3,(H,29,33). The molecule has 4 rings (SSSR count). The number of carbonyl (C=O) groups excluding carboxylic acids is 2. The second-order valence-electron chi connectivity index (χ2n) is 8.05. The number of anilines is 1. The molecule has 0 bridgehead atoms. The van der Waals surface area contributed by atoms with Crippen LogP contribution in [0, 0.1) is 12.7 Å². The Labute approximate surface area is 232 Å². The van der Waals surface area contributed by atoms with E-state index in [9.17, 15) is 14.0 Å². The minimum Gasteiger partial charge on any atom is -0.484 e. The molecule has 0 unspecified atom stereocenters. The molecule has 0 saturated carbocycles. The van der Waals surface area contributed by atoms with Crippen molar-refractivity contribution in [2.45, 2.75) is 32.2 Å². The Kier molecular flexibility index (Phi) is 9.03. The van der Waals surface area contributed by atoms with E-state index in [4.69, 9.17) is 21.1 Å². The molecular formula is C26H24ClFN4O4S2. The van der Waals surface area contributed by atoms with E-state index >= 15 is 0 Å². The van der Waals surface area contributed by atoms with E-state index in [0.29, 0.717) is 39.4 Å². The number of thioether (sulfide) groups is 1. The molecule has 0 spiro atoms. The molecule has 0 radical (unpaired) electrons. The number of thiophene rings is 1. The topological polar surface area (TPSA) is 95.3 Å². The molecule has 8 nitrogen and oxygen atoms in total. The third-order valence-electron chi connectivity index (χ3n) is 5.49. The van der Waals surface area contributed by atoms with E-state index < -0.39 is 11.8 Å². The van der Waals surface area contributed by atoms with Crippen molar-refractivity contribution in [1.29, 1.82) is 0 Å². The van der Waals surface area contributed by atoms with Gasteiger partial charge in [-0.15, -0.1) is 21.5 Å². The quantitative estimate of drug-likeness (QED) is 0.177. The zero-order valence-corrected chi connectivity index (χ0v) is 23.2. The highest BCUT2D eigenvalue weighted by molar-refractivity contribution is 7.99. The van der Waals surface area contributed by atoms with Crippen LogP contribution in [-0.4, -0.2) is 39.5 Å². The lowest BCUT2D eigenvalue weighted by molar-refractivity contribution is -0.113. The van der Waals surface area contributed by atoms with Crippen molar-refractivity contribution in [3.8, 4) is 16.9 Å². The molecule has 0 aliphatic heterocycles. The maximum atomic E-state index is 13.3. The predicted molar refractivity (Wildman–Crippen MR) is 147 cm³/mol. The number of halogens is 2. The summed E-state index contributed by atoms with van der Waals surface area (Å²) in [5, 5.41) is 14.1. The fourth-order valence-corrected chi connectivity index (χ4v) is 5.59. The number of rotatable bonds is 10. The van der Waals surface area contributed by atoms with E-state index in [-0.39, 0.29) is 23.3 Å². The molecule has 2 aromatic carbocycles. The Morgan fingerprint density at radius 3 is 2.63 bits per heavy atom. The van der Waals surface area contributed by atoms with Crippen LogP contribution in [0.2, 0.25) is 5.02 Å². The summed E-state index contributed by atoms with van der Waals surface area (Å²) in [6.07, 6.45) is 0. The molecule has 38 heavy (non-hydrogen) atoms. The largest absolute Gasteiger partial charge is 0.484 e. The molecule has 12 heteroatoms. The Morgan fingerprint density at radius 1 is 1.18 bits per heavy atom. The van der Waals surface area contributed by atoms with Crippen LogP contribution >= 0.6 is 34.7 Å². The molecule has 1 amide bonds. The lowest BCUT2D eigenvalue weighted by Gasteiger charge is -2.10. The second-order valence-corrected chi connectivity index (χ2v) is 10.3. The highest BCUT2D eigenvalue weighted by Crippen LogP contribution is 2.36. The van der Waals surface area contributed by atoms with Gasteiger partial charge in [-0.2, -0.15) is 0 Å². The lowest BCUT2D eigenvalue weighted by Crippen LogP contribution is -2.16. The van der Waals surface area contributed by atoms with Gasteiger partial charge in [0.05, 0.1) is 17.9 Å². The van der Waals surface area contributed by atoms with Crippen molar-refractivity contribution >= 4 is 51.6 Å². The van der Waals surface area contributed by atoms with Crippen molar-refractivity contribution < 1.29 is 23.5 Å². The summed E-state index contributed by atoms with van der Waals surface area (Å²) < 4.78 is 25.7. The number of nitrogens with one attached hydrogen (secondary N) is 1. The predicted octanol–water partition coefficient (Wildman–Crippen LogP) is 6.22. The van der Waals surface area contributed by atoms with Gasteiger partial charge in [-0.05, 0) is 37.6 Å². The van der Waals surface area contributed by atoms with Gasteiger partial charge in [0.15, 0.2) is 11.0 Å². The molecular weight excluding hydrogens is 551 g/mol. The Hall–Kier alpha value is -3.41. The van der Waals surface area contributed by atoms with Crippen LogP contribution in [0.3, 0.4) is 0 Å². The second kappa shape index (κ2) is 12.4. The number of aromatic nitrogens is 3. The van der Waals surface area contributed by atoms with Crippen LogP contribution in [0.1, 0.15) is 28.7 Å². The smallest absolute Gasteiger partial charge is 0.341 e. The van der Waals surface area contributed by atoms with Gasteiger partial charge in [-0.3, -0.25) is 4.79 Å². The van der Waals surface area contributed by atoms with Crippen molar-refractivity contribution in [2.24, 2.45) is 0 Å². The average Bonchev–Trinajstić information content (AvgIpc) is 3.50. The van der Waals surface area contributed by atoms with Crippen molar-refractivity contribution in [2.75, 3.05) is 18.2 Å². The minimum atomic E-state index is -0.526. The van der Waals surface area contributed by atoms with Crippen LogP contribution in [0.25, 0.3) is 11.1 Å². The molecule has 1 N–H and O–H groups in total. The molecule has 0 atom stereocenters. The molecule has 2 aromatic heterocycles. The summed E-state index contributed by atoms with van der Waals surface area (Å²) in [6, 6.07) is 11.6. The van der Waals surface area contributed by atoms with Gasteiger partial charge in [0.1, 0.15) is 28.7 Å². The Bertz CT molecular complexity index is 1460. The number of hydrogen-bond donors (Lipinski definition) is 1. The fourth-order valence-electron chi connectivity index (χ4n) is 3.58. The lowest BCUT2D eigenvalue weighted by atomic mass is 10.0. The number of hydrogen-bond acceptors (Lipinski definition) is 8. The van der Waals surface area contributed by atoms with Gasteiger partial charge in [0.2, 0.25) is 5.91 Å². The van der Waals surface area contributed by atoms with E-state index in [1.165, 1.54) is 48.4 Å². The van der Waals surface area contributed by atoms with E-state index in [1.807, 2.05) is 48.1 Å². The van der Waals surface area contributed by atoms with Gasteiger partial charge >= 0.3 is 5.97 Å². The molecule has 2 heterocycles. The summed E-state index contributed by atoms with van der Waals surface area (Å²) in [6.45, 7) is 4.52. The third-order valence-corrected chi connectivity index (χ3v) is 7.65. The number of methoxy groups -OCH3 is 1. The van der Waals surface area contributed by atoms with E-state index in [0.717, 1.165) is 11.1 Å². The number of benzene rings is 2. The Morgan fingerprint density at radius 2 is 1.95 bits per heavy atom. The van der Waals surface area contributed by atoms with Gasteiger partial charge in [0, 0.05) is 17.5 Å². The molecule has 198 valence electrons. The maximum Gasteiger partial charge on any atom is 0.341 e. The van der Waals surface area contributed by atoms with Crippen LogP contribution in [0.5, 0.6) is 5.75 Å². The number of ether oxygens (including phenoxy) is 2. The first kappa shape index (κ1) is 27.6. The molecule has 0 aliphatic rings. The molecule has 0 fully saturated rings. The zero-order valence-electron chi connectivity index (χ0n) is 20.8. The monoisotopic (exact) mass is 574 g/mol. The molecule has 0 saturated heterocycles. The number of esters is 1. The third kappa shape index (κ3) is 6.35. The maximum absolute atomic E-state index is 13.3. The van der Waals surface area contributed by atoms with Crippen LogP contribution < -0.4 is 10.1 Å². The van der Waals surface area contributed by atoms with Gasteiger partial charge in [-0.1, -0.05) is 53.2 Å². The van der Waals surface area contributed by atoms with Crippen LogP contribution in [0.15, 0.2) is 53.0 Å². The number of amides is 1. The van der Waals surface area contributed by atoms with E-state index in [1.54, 1.807) is 0 Å². The van der Waals surface area contributed by atoms with Crippen LogP contribution in [0.4, 0.5) is 9.39 Å².